The van der Waals surface area contributed by atoms with E-state index in [2.05, 4.69) is 4.72 Å². The van der Waals surface area contributed by atoms with Gasteiger partial charge in [-0.3, -0.25) is 4.79 Å². The molecule has 0 aromatic carbocycles. The monoisotopic (exact) mass is 304 g/mol. The van der Waals surface area contributed by atoms with Crippen molar-refractivity contribution in [2.45, 2.75) is 23.2 Å². The Morgan fingerprint density at radius 3 is 2.68 bits per heavy atom. The van der Waals surface area contributed by atoms with Gasteiger partial charge < -0.3 is 10.2 Å². The predicted molar refractivity (Wildman–Crippen MR) is 67.1 cm³/mol. The third kappa shape index (κ3) is 4.60. The van der Waals surface area contributed by atoms with E-state index in [1.54, 1.807) is 0 Å². The fourth-order valence-corrected chi connectivity index (χ4v) is 3.54. The van der Waals surface area contributed by atoms with E-state index in [1.165, 1.54) is 19.1 Å². The topological polar surface area (TPSA) is 127 Å². The second-order valence-corrected chi connectivity index (χ2v) is 7.20. The van der Waals surface area contributed by atoms with Crippen molar-refractivity contribution >= 4 is 27.3 Å². The number of nitrogens with one attached hydrogen (secondary N) is 1. The van der Waals surface area contributed by atoms with Crippen molar-refractivity contribution in [3.63, 3.8) is 0 Å². The second kappa shape index (κ2) is 5.66. The van der Waals surface area contributed by atoms with Crippen LogP contribution in [0.2, 0.25) is 0 Å². The van der Waals surface area contributed by atoms with E-state index >= 15 is 0 Å². The summed E-state index contributed by atoms with van der Waals surface area (Å²) < 4.78 is 25.7. The van der Waals surface area contributed by atoms with Crippen LogP contribution in [0, 0.1) is 11.3 Å². The molecule has 0 fully saturated rings. The molecule has 0 saturated heterocycles. The van der Waals surface area contributed by atoms with E-state index in [1.807, 2.05) is 6.07 Å². The first kappa shape index (κ1) is 15.6. The molecule has 1 rings (SSSR count). The first-order valence-electron chi connectivity index (χ1n) is 5.10. The van der Waals surface area contributed by atoms with E-state index in [9.17, 15) is 18.3 Å². The summed E-state index contributed by atoms with van der Waals surface area (Å²) in [6.45, 7) is 0.792. The minimum absolute atomic E-state index is 0.0600. The summed E-state index contributed by atoms with van der Waals surface area (Å²) in [5, 5.41) is 26.9. The average Bonchev–Trinajstić information content (AvgIpc) is 2.74. The first-order chi connectivity index (χ1) is 8.66. The zero-order valence-electron chi connectivity index (χ0n) is 9.95. The summed E-state index contributed by atoms with van der Waals surface area (Å²) in [7, 11) is -3.85. The second-order valence-electron chi connectivity index (χ2n) is 4.12. The highest BCUT2D eigenvalue weighted by molar-refractivity contribution is 7.91. The standard InChI is InChI=1S/C10H12N2O5S2/c1-10(15,4-8(13)14)6-12-19(16,17)9-3-2-7(5-11)18-9/h2-3,12,15H,4,6H2,1H3,(H,13,14). The minimum atomic E-state index is -3.85. The molecule has 0 aliphatic rings. The van der Waals surface area contributed by atoms with Crippen LogP contribution >= 0.6 is 11.3 Å². The first-order valence-corrected chi connectivity index (χ1v) is 7.40. The molecule has 1 atom stereocenters. The van der Waals surface area contributed by atoms with E-state index in [0.29, 0.717) is 0 Å². The van der Waals surface area contributed by atoms with E-state index in [0.717, 1.165) is 11.3 Å². The molecule has 0 saturated carbocycles. The number of carboxylic acids is 1. The molecule has 9 heteroatoms. The van der Waals surface area contributed by atoms with Gasteiger partial charge in [0.15, 0.2) is 0 Å². The number of aliphatic carboxylic acids is 1. The van der Waals surface area contributed by atoms with Crippen molar-refractivity contribution in [1.82, 2.24) is 4.72 Å². The lowest BCUT2D eigenvalue weighted by atomic mass is 10.0. The number of sulfonamides is 1. The molecule has 0 aliphatic heterocycles. The third-order valence-corrected chi connectivity index (χ3v) is 5.01. The SMILES string of the molecule is CC(O)(CNS(=O)(=O)c1ccc(C#N)s1)CC(=O)O. The van der Waals surface area contributed by atoms with Gasteiger partial charge in [-0.1, -0.05) is 0 Å². The third-order valence-electron chi connectivity index (χ3n) is 2.13. The number of hydrogen-bond acceptors (Lipinski definition) is 6. The average molecular weight is 304 g/mol. The Balaban J connectivity index is 2.76. The van der Waals surface area contributed by atoms with Crippen molar-refractivity contribution in [3.8, 4) is 6.07 Å². The molecule has 3 N–H and O–H groups in total. The van der Waals surface area contributed by atoms with Gasteiger partial charge in [0.05, 0.1) is 12.0 Å². The van der Waals surface area contributed by atoms with Gasteiger partial charge in [-0.15, -0.1) is 11.3 Å². The molecule has 0 radical (unpaired) electrons. The molecule has 19 heavy (non-hydrogen) atoms. The number of aliphatic hydroxyl groups is 1. The molecule has 1 aromatic heterocycles. The summed E-state index contributed by atoms with van der Waals surface area (Å²) in [5.41, 5.74) is -1.69. The molecule has 1 unspecified atom stereocenters. The number of nitrogens with zero attached hydrogens (tertiary/aromatic N) is 1. The molecule has 7 nitrogen and oxygen atoms in total. The normalized spacial score (nSPS) is 14.6. The highest BCUT2D eigenvalue weighted by atomic mass is 32.2. The van der Waals surface area contributed by atoms with Crippen LogP contribution in [-0.4, -0.2) is 36.7 Å². The van der Waals surface area contributed by atoms with Crippen molar-refractivity contribution in [2.24, 2.45) is 0 Å². The van der Waals surface area contributed by atoms with Gasteiger partial charge in [0.1, 0.15) is 15.2 Å². The maximum atomic E-state index is 11.8. The van der Waals surface area contributed by atoms with Crippen molar-refractivity contribution in [2.75, 3.05) is 6.54 Å². The number of hydrogen-bond donors (Lipinski definition) is 3. The molecule has 1 heterocycles. The van der Waals surface area contributed by atoms with Crippen LogP contribution in [0.5, 0.6) is 0 Å². The Morgan fingerprint density at radius 2 is 2.21 bits per heavy atom. The van der Waals surface area contributed by atoms with Crippen molar-refractivity contribution < 1.29 is 23.4 Å². The maximum Gasteiger partial charge on any atom is 0.306 e. The Kier molecular flexibility index (Phi) is 4.65. The van der Waals surface area contributed by atoms with Crippen LogP contribution in [-0.2, 0) is 14.8 Å². The highest BCUT2D eigenvalue weighted by Gasteiger charge is 2.27. The van der Waals surface area contributed by atoms with Crippen LogP contribution in [0.25, 0.3) is 0 Å². The maximum absolute atomic E-state index is 11.8. The minimum Gasteiger partial charge on any atom is -0.481 e. The summed E-state index contributed by atoms with van der Waals surface area (Å²) in [6.07, 6.45) is -0.580. The zero-order chi connectivity index (χ0) is 14.7. The lowest BCUT2D eigenvalue weighted by Gasteiger charge is -2.21. The quantitative estimate of drug-likeness (QED) is 0.685. The smallest absolute Gasteiger partial charge is 0.306 e. The summed E-state index contributed by atoms with van der Waals surface area (Å²) in [6, 6.07) is 4.46. The van der Waals surface area contributed by atoms with Gasteiger partial charge in [-0.05, 0) is 19.1 Å². The Labute approximate surface area is 114 Å². The van der Waals surface area contributed by atoms with Crippen LogP contribution in [0.4, 0.5) is 0 Å². The summed E-state index contributed by atoms with van der Waals surface area (Å²) in [4.78, 5) is 10.7. The summed E-state index contributed by atoms with van der Waals surface area (Å²) in [5.74, 6) is -1.23. The lowest BCUT2D eigenvalue weighted by molar-refractivity contribution is -0.141. The van der Waals surface area contributed by atoms with E-state index < -0.39 is 34.6 Å². The number of nitriles is 1. The molecule has 0 spiro atoms. The Bertz CT molecular complexity index is 612. The van der Waals surface area contributed by atoms with Gasteiger partial charge in [0, 0.05) is 6.54 Å². The van der Waals surface area contributed by atoms with E-state index in [4.69, 9.17) is 10.4 Å². The number of carbonyl (C=O) groups is 1. The van der Waals surface area contributed by atoms with Gasteiger partial charge >= 0.3 is 5.97 Å². The number of carboxylic acid groups (broad SMARTS) is 1. The molecular formula is C10H12N2O5S2. The summed E-state index contributed by atoms with van der Waals surface area (Å²) >= 11 is 0.795. The Morgan fingerprint density at radius 1 is 1.58 bits per heavy atom. The van der Waals surface area contributed by atoms with Gasteiger partial charge in [0.25, 0.3) is 0 Å². The van der Waals surface area contributed by atoms with E-state index in [-0.39, 0.29) is 9.09 Å². The molecule has 104 valence electrons. The van der Waals surface area contributed by atoms with Crippen molar-refractivity contribution in [3.05, 3.63) is 17.0 Å². The van der Waals surface area contributed by atoms with Gasteiger partial charge in [-0.2, -0.15) is 5.26 Å². The molecular weight excluding hydrogens is 292 g/mol. The van der Waals surface area contributed by atoms with Crippen LogP contribution in [0.15, 0.2) is 16.3 Å². The van der Waals surface area contributed by atoms with Crippen LogP contribution in [0.3, 0.4) is 0 Å². The lowest BCUT2D eigenvalue weighted by Crippen LogP contribution is -2.41. The van der Waals surface area contributed by atoms with Gasteiger partial charge in [-0.25, -0.2) is 13.1 Å². The van der Waals surface area contributed by atoms with Gasteiger partial charge in [0.2, 0.25) is 10.0 Å². The van der Waals surface area contributed by atoms with Crippen LogP contribution in [0.1, 0.15) is 18.2 Å². The molecule has 0 amide bonds. The largest absolute Gasteiger partial charge is 0.481 e. The van der Waals surface area contributed by atoms with Crippen LogP contribution < -0.4 is 4.72 Å². The van der Waals surface area contributed by atoms with Crippen molar-refractivity contribution in [1.29, 1.82) is 5.26 Å². The number of thiophene rings is 1. The number of rotatable bonds is 6. The Hall–Kier alpha value is -1.47. The highest BCUT2D eigenvalue weighted by Crippen LogP contribution is 2.21. The fourth-order valence-electron chi connectivity index (χ4n) is 1.23. The molecule has 1 aromatic rings. The zero-order valence-corrected chi connectivity index (χ0v) is 11.6. The fraction of sp³-hybridized carbons (Fsp3) is 0.400. The molecule has 0 bridgehead atoms. The predicted octanol–water partition coefficient (Wildman–Crippen LogP) is 0.124. The molecule has 0 aliphatic carbocycles.